The minimum Gasteiger partial charge on any atom is -0.426 e. The number of rotatable bonds is 6. The van der Waals surface area contributed by atoms with Crippen molar-refractivity contribution in [2.45, 2.75) is 33.7 Å². The highest BCUT2D eigenvalue weighted by atomic mass is 35.5. The molecule has 1 aromatic heterocycles. The minimum absolute atomic E-state index is 0.0465. The Bertz CT molecular complexity index is 1280. The average Bonchev–Trinajstić information content (AvgIpc) is 2.69. The van der Waals surface area contributed by atoms with E-state index in [1.54, 1.807) is 31.2 Å². The smallest absolute Gasteiger partial charge is 0.340 e. The molecule has 0 fully saturated rings. The third kappa shape index (κ3) is 5.33. The number of hydrogen-bond donors (Lipinski definition) is 1. The van der Waals surface area contributed by atoms with Gasteiger partial charge in [0.2, 0.25) is 5.91 Å². The van der Waals surface area contributed by atoms with E-state index in [9.17, 15) is 19.2 Å². The fraction of sp³-hybridized carbons (Fsp3) is 0.217. The molecule has 0 saturated heterocycles. The van der Waals surface area contributed by atoms with Crippen molar-refractivity contribution in [1.29, 1.82) is 0 Å². The van der Waals surface area contributed by atoms with Crippen molar-refractivity contribution in [1.82, 2.24) is 5.32 Å². The monoisotopic (exact) mass is 457 g/mol. The third-order valence-corrected chi connectivity index (χ3v) is 4.97. The number of aryl methyl sites for hydroxylation is 1. The quantitative estimate of drug-likeness (QED) is 0.342. The number of fused-ring (bicyclic) bond motifs is 1. The summed E-state index contributed by atoms with van der Waals surface area (Å²) >= 11 is 6.10. The lowest BCUT2D eigenvalue weighted by molar-refractivity contribution is -0.132. The molecule has 1 amide bonds. The molecule has 1 N–H and O–H groups in total. The number of carbonyl (C=O) groups excluding carboxylic acids is 3. The second kappa shape index (κ2) is 9.65. The molecule has 1 heterocycles. The van der Waals surface area contributed by atoms with Gasteiger partial charge in [0.15, 0.2) is 0 Å². The van der Waals surface area contributed by atoms with E-state index in [0.717, 1.165) is 5.56 Å². The molecule has 0 aliphatic heterocycles. The van der Waals surface area contributed by atoms with Gasteiger partial charge in [-0.15, -0.1) is 0 Å². The topological polar surface area (TPSA) is 112 Å². The van der Waals surface area contributed by atoms with Gasteiger partial charge in [0.1, 0.15) is 17.1 Å². The van der Waals surface area contributed by atoms with Crippen LogP contribution in [-0.4, -0.2) is 17.8 Å². The summed E-state index contributed by atoms with van der Waals surface area (Å²) in [6.07, 6.45) is -0.250. The zero-order chi connectivity index (χ0) is 23.4. The van der Waals surface area contributed by atoms with Crippen LogP contribution in [0.25, 0.3) is 11.0 Å². The molecule has 0 aliphatic rings. The van der Waals surface area contributed by atoms with Crippen LogP contribution in [-0.2, 0) is 27.3 Å². The van der Waals surface area contributed by atoms with E-state index in [0.29, 0.717) is 16.0 Å². The second-order valence-electron chi connectivity index (χ2n) is 7.02. The molecule has 0 atom stereocenters. The largest absolute Gasteiger partial charge is 0.426 e. The average molecular weight is 458 g/mol. The van der Waals surface area contributed by atoms with Crippen LogP contribution in [0.15, 0.2) is 45.6 Å². The Balaban J connectivity index is 1.96. The Labute approximate surface area is 188 Å². The van der Waals surface area contributed by atoms with Crippen molar-refractivity contribution in [3.8, 4) is 11.5 Å². The summed E-state index contributed by atoms with van der Waals surface area (Å²) < 4.78 is 15.6. The molecule has 0 saturated carbocycles. The molecule has 3 aromatic rings. The molecule has 0 bridgehead atoms. The molecule has 3 rings (SSSR count). The van der Waals surface area contributed by atoms with Gasteiger partial charge in [-0.1, -0.05) is 29.8 Å². The Morgan fingerprint density at radius 2 is 1.75 bits per heavy atom. The predicted molar refractivity (Wildman–Crippen MR) is 117 cm³/mol. The van der Waals surface area contributed by atoms with Gasteiger partial charge >= 0.3 is 17.6 Å². The van der Waals surface area contributed by atoms with E-state index in [2.05, 4.69) is 5.32 Å². The predicted octanol–water partition coefficient (Wildman–Crippen LogP) is 3.46. The van der Waals surface area contributed by atoms with Gasteiger partial charge in [-0.25, -0.2) is 4.79 Å². The molecule has 0 radical (unpaired) electrons. The van der Waals surface area contributed by atoms with Gasteiger partial charge < -0.3 is 19.2 Å². The van der Waals surface area contributed by atoms with Crippen LogP contribution >= 0.6 is 11.6 Å². The SMILES string of the molecule is CC(=O)Oc1cc(OC(C)=O)c2c(C)c(CC(=O)NCc3ccccc3Cl)c(=O)oc2c1. The first-order valence-electron chi connectivity index (χ1n) is 9.63. The fourth-order valence-electron chi connectivity index (χ4n) is 3.20. The van der Waals surface area contributed by atoms with Gasteiger partial charge in [-0.05, 0) is 24.1 Å². The summed E-state index contributed by atoms with van der Waals surface area (Å²) in [5.41, 5.74) is 0.594. The second-order valence-corrected chi connectivity index (χ2v) is 7.43. The van der Waals surface area contributed by atoms with Crippen molar-refractivity contribution in [3.63, 3.8) is 0 Å². The van der Waals surface area contributed by atoms with E-state index < -0.39 is 23.5 Å². The van der Waals surface area contributed by atoms with E-state index in [1.165, 1.54) is 26.0 Å². The number of esters is 2. The van der Waals surface area contributed by atoms with Crippen molar-refractivity contribution in [3.05, 3.63) is 68.5 Å². The summed E-state index contributed by atoms with van der Waals surface area (Å²) in [6, 6.07) is 9.77. The molecule has 8 nitrogen and oxygen atoms in total. The van der Waals surface area contributed by atoms with Crippen molar-refractivity contribution in [2.24, 2.45) is 0 Å². The van der Waals surface area contributed by atoms with Crippen LogP contribution in [0.2, 0.25) is 5.02 Å². The van der Waals surface area contributed by atoms with Crippen LogP contribution < -0.4 is 20.4 Å². The molecular formula is C23H20ClNO7. The van der Waals surface area contributed by atoms with E-state index >= 15 is 0 Å². The number of nitrogens with one attached hydrogen (secondary N) is 1. The van der Waals surface area contributed by atoms with Crippen LogP contribution in [0.1, 0.15) is 30.5 Å². The number of halogens is 1. The van der Waals surface area contributed by atoms with Gasteiger partial charge in [0.25, 0.3) is 0 Å². The molecule has 9 heteroatoms. The Hall–Kier alpha value is -3.65. The normalized spacial score (nSPS) is 10.6. The highest BCUT2D eigenvalue weighted by Gasteiger charge is 2.20. The van der Waals surface area contributed by atoms with Gasteiger partial charge in [0, 0.05) is 37.5 Å². The summed E-state index contributed by atoms with van der Waals surface area (Å²) in [7, 11) is 0. The molecule has 0 spiro atoms. The fourth-order valence-corrected chi connectivity index (χ4v) is 3.41. The lowest BCUT2D eigenvalue weighted by Crippen LogP contribution is -2.27. The maximum atomic E-state index is 12.6. The van der Waals surface area contributed by atoms with E-state index in [4.69, 9.17) is 25.5 Å². The van der Waals surface area contributed by atoms with E-state index in [1.807, 2.05) is 0 Å². The zero-order valence-electron chi connectivity index (χ0n) is 17.6. The maximum absolute atomic E-state index is 12.6. The summed E-state index contributed by atoms with van der Waals surface area (Å²) in [4.78, 5) is 48.0. The number of amides is 1. The summed E-state index contributed by atoms with van der Waals surface area (Å²) in [5, 5.41) is 3.56. The highest BCUT2D eigenvalue weighted by Crippen LogP contribution is 2.34. The zero-order valence-corrected chi connectivity index (χ0v) is 18.4. The third-order valence-electron chi connectivity index (χ3n) is 4.60. The van der Waals surface area contributed by atoms with Crippen LogP contribution in [0, 0.1) is 6.92 Å². The van der Waals surface area contributed by atoms with Crippen molar-refractivity contribution in [2.75, 3.05) is 0 Å². The minimum atomic E-state index is -0.725. The summed E-state index contributed by atoms with van der Waals surface area (Å²) in [5.74, 6) is -1.52. The number of benzene rings is 2. The van der Waals surface area contributed by atoms with E-state index in [-0.39, 0.29) is 35.6 Å². The Kier molecular flexibility index (Phi) is 6.95. The number of hydrogen-bond acceptors (Lipinski definition) is 7. The first kappa shape index (κ1) is 23.0. The standard InChI is InChI=1S/C23H20ClNO7/c1-12-17(10-21(28)25-11-15-6-4-5-7-18(15)24)23(29)32-20-9-16(30-13(2)26)8-19(22(12)20)31-14(3)27/h4-9H,10-11H2,1-3H3,(H,25,28). The molecular weight excluding hydrogens is 438 g/mol. The molecule has 2 aromatic carbocycles. The first-order chi connectivity index (χ1) is 15.2. The molecule has 32 heavy (non-hydrogen) atoms. The lowest BCUT2D eigenvalue weighted by Gasteiger charge is -2.13. The first-order valence-corrected chi connectivity index (χ1v) is 10.0. The highest BCUT2D eigenvalue weighted by molar-refractivity contribution is 6.31. The van der Waals surface area contributed by atoms with Gasteiger partial charge in [0.05, 0.1) is 17.4 Å². The lowest BCUT2D eigenvalue weighted by atomic mass is 10.0. The maximum Gasteiger partial charge on any atom is 0.340 e. The van der Waals surface area contributed by atoms with Crippen molar-refractivity contribution < 1.29 is 28.3 Å². The van der Waals surface area contributed by atoms with Gasteiger partial charge in [-0.2, -0.15) is 0 Å². The number of ether oxygens (including phenoxy) is 2. The molecule has 0 unspecified atom stereocenters. The Morgan fingerprint density at radius 3 is 2.41 bits per heavy atom. The van der Waals surface area contributed by atoms with Crippen LogP contribution in [0.3, 0.4) is 0 Å². The van der Waals surface area contributed by atoms with Gasteiger partial charge in [-0.3, -0.25) is 14.4 Å². The van der Waals surface area contributed by atoms with Crippen molar-refractivity contribution >= 4 is 40.4 Å². The molecule has 0 aliphatic carbocycles. The molecule has 166 valence electrons. The number of carbonyl (C=O) groups is 3. The Morgan fingerprint density at radius 1 is 1.06 bits per heavy atom. The summed E-state index contributed by atoms with van der Waals surface area (Å²) in [6.45, 7) is 4.23. The van der Waals surface area contributed by atoms with Crippen LogP contribution in [0.5, 0.6) is 11.5 Å². The van der Waals surface area contributed by atoms with Crippen LogP contribution in [0.4, 0.5) is 0 Å².